The summed E-state index contributed by atoms with van der Waals surface area (Å²) in [7, 11) is 1.95. The van der Waals surface area contributed by atoms with Gasteiger partial charge in [0.25, 0.3) is 0 Å². The van der Waals surface area contributed by atoms with Crippen LogP contribution in [0.1, 0.15) is 34.9 Å². The van der Waals surface area contributed by atoms with Crippen molar-refractivity contribution >= 4 is 6.29 Å². The maximum atomic E-state index is 14.2. The maximum Gasteiger partial charge on any atom is 0.150 e. The van der Waals surface area contributed by atoms with Crippen LogP contribution >= 0.6 is 0 Å². The van der Waals surface area contributed by atoms with Crippen LogP contribution in [-0.2, 0) is 0 Å². The Kier molecular flexibility index (Phi) is 3.34. The van der Waals surface area contributed by atoms with E-state index in [1.165, 1.54) is 0 Å². The summed E-state index contributed by atoms with van der Waals surface area (Å²) in [5.41, 5.74) is 1.16. The summed E-state index contributed by atoms with van der Waals surface area (Å²) in [4.78, 5) is 12.7. The first-order valence-corrected chi connectivity index (χ1v) is 5.62. The van der Waals surface area contributed by atoms with Crippen molar-refractivity contribution in [2.75, 3.05) is 13.6 Å². The van der Waals surface area contributed by atoms with Crippen molar-refractivity contribution in [1.29, 1.82) is 0 Å². The van der Waals surface area contributed by atoms with Gasteiger partial charge in [0.1, 0.15) is 12.5 Å². The normalized spacial score (nSPS) is 23.2. The van der Waals surface area contributed by atoms with E-state index in [2.05, 4.69) is 4.90 Å². The molecule has 0 aliphatic carbocycles. The quantitative estimate of drug-likeness (QED) is 0.731. The molecule has 16 heavy (non-hydrogen) atoms. The third-order valence-corrected chi connectivity index (χ3v) is 3.28. The van der Waals surface area contributed by atoms with Gasteiger partial charge in [-0.25, -0.2) is 4.39 Å². The summed E-state index contributed by atoms with van der Waals surface area (Å²) in [6, 6.07) is 6.79. The van der Waals surface area contributed by atoms with Crippen molar-refractivity contribution < 1.29 is 9.18 Å². The van der Waals surface area contributed by atoms with E-state index in [1.54, 1.807) is 24.3 Å². The lowest BCUT2D eigenvalue weighted by Gasteiger charge is -2.23. The summed E-state index contributed by atoms with van der Waals surface area (Å²) in [5, 5.41) is 0. The number of likely N-dealkylation sites (tertiary alicyclic amines) is 1. The number of hydrogen-bond donors (Lipinski definition) is 0. The van der Waals surface area contributed by atoms with Gasteiger partial charge in [-0.3, -0.25) is 4.79 Å². The van der Waals surface area contributed by atoms with Crippen LogP contribution in [0, 0.1) is 0 Å². The maximum absolute atomic E-state index is 14.2. The first-order valence-electron chi connectivity index (χ1n) is 5.62. The molecule has 1 heterocycles. The fraction of sp³-hybridized carbons (Fsp3) is 0.462. The number of carbonyl (C=O) groups excluding carboxylic acids is 1. The molecule has 1 aromatic rings. The van der Waals surface area contributed by atoms with Crippen LogP contribution in [0.2, 0.25) is 0 Å². The van der Waals surface area contributed by atoms with Crippen LogP contribution < -0.4 is 0 Å². The second-order valence-corrected chi connectivity index (χ2v) is 4.38. The van der Waals surface area contributed by atoms with Gasteiger partial charge in [-0.2, -0.15) is 0 Å². The van der Waals surface area contributed by atoms with Gasteiger partial charge in [0.05, 0.1) is 0 Å². The third kappa shape index (κ3) is 2.14. The van der Waals surface area contributed by atoms with Crippen LogP contribution in [0.4, 0.5) is 4.39 Å². The Bertz CT molecular complexity index is 380. The van der Waals surface area contributed by atoms with E-state index in [1.807, 2.05) is 7.05 Å². The zero-order valence-corrected chi connectivity index (χ0v) is 9.40. The highest BCUT2D eigenvalue weighted by molar-refractivity contribution is 5.74. The standard InChI is InChI=1S/C13H16FNO/c1-15-7-3-6-12(15)13(14)11-5-2-4-10(8-11)9-16/h2,4-5,8-9,12-13H,3,6-7H2,1H3. The Labute approximate surface area is 95.1 Å². The van der Waals surface area contributed by atoms with Gasteiger partial charge >= 0.3 is 0 Å². The summed E-state index contributed by atoms with van der Waals surface area (Å²) < 4.78 is 14.2. The van der Waals surface area contributed by atoms with E-state index in [0.29, 0.717) is 11.1 Å². The van der Waals surface area contributed by atoms with Gasteiger partial charge < -0.3 is 4.90 Å². The molecule has 0 amide bonds. The molecule has 2 atom stereocenters. The molecule has 0 N–H and O–H groups in total. The van der Waals surface area contributed by atoms with Crippen molar-refractivity contribution in [1.82, 2.24) is 4.90 Å². The molecule has 3 heteroatoms. The average Bonchev–Trinajstić information content (AvgIpc) is 2.74. The van der Waals surface area contributed by atoms with Crippen molar-refractivity contribution in [2.24, 2.45) is 0 Å². The number of aldehydes is 1. The van der Waals surface area contributed by atoms with Gasteiger partial charge in [0.2, 0.25) is 0 Å². The van der Waals surface area contributed by atoms with Gasteiger partial charge in [0.15, 0.2) is 0 Å². The Hall–Kier alpha value is -1.22. The number of hydrogen-bond acceptors (Lipinski definition) is 2. The van der Waals surface area contributed by atoms with E-state index in [-0.39, 0.29) is 6.04 Å². The SMILES string of the molecule is CN1CCCC1C(F)c1cccc(C=O)c1. The zero-order chi connectivity index (χ0) is 11.5. The molecular formula is C13H16FNO. The lowest BCUT2D eigenvalue weighted by Crippen LogP contribution is -2.29. The van der Waals surface area contributed by atoms with Crippen molar-refractivity contribution in [3.8, 4) is 0 Å². The average molecular weight is 221 g/mol. The minimum Gasteiger partial charge on any atom is -0.300 e. The van der Waals surface area contributed by atoms with Crippen molar-refractivity contribution in [3.63, 3.8) is 0 Å². The fourth-order valence-electron chi connectivity index (χ4n) is 2.33. The molecule has 0 saturated carbocycles. The van der Waals surface area contributed by atoms with E-state index < -0.39 is 6.17 Å². The highest BCUT2D eigenvalue weighted by atomic mass is 19.1. The summed E-state index contributed by atoms with van der Waals surface area (Å²) >= 11 is 0. The molecule has 1 aromatic carbocycles. The number of likely N-dealkylation sites (N-methyl/N-ethyl adjacent to an activating group) is 1. The lowest BCUT2D eigenvalue weighted by molar-refractivity contribution is 0.112. The molecule has 0 bridgehead atoms. The van der Waals surface area contributed by atoms with Crippen LogP contribution in [0.25, 0.3) is 0 Å². The molecule has 0 aromatic heterocycles. The lowest BCUT2D eigenvalue weighted by atomic mass is 10.0. The molecule has 1 fully saturated rings. The van der Waals surface area contributed by atoms with E-state index in [0.717, 1.165) is 25.7 Å². The molecule has 0 radical (unpaired) electrons. The first kappa shape index (κ1) is 11.3. The summed E-state index contributed by atoms with van der Waals surface area (Å²) in [5.74, 6) is 0. The van der Waals surface area contributed by atoms with Crippen LogP contribution in [0.3, 0.4) is 0 Å². The number of benzene rings is 1. The Morgan fingerprint density at radius 2 is 2.38 bits per heavy atom. The number of alkyl halides is 1. The first-order chi connectivity index (χ1) is 7.72. The Morgan fingerprint density at radius 1 is 1.56 bits per heavy atom. The van der Waals surface area contributed by atoms with Gasteiger partial charge in [-0.15, -0.1) is 0 Å². The molecular weight excluding hydrogens is 205 g/mol. The predicted octanol–water partition coefficient (Wildman–Crippen LogP) is 2.60. The zero-order valence-electron chi connectivity index (χ0n) is 9.40. The van der Waals surface area contributed by atoms with Crippen LogP contribution in [0.5, 0.6) is 0 Å². The van der Waals surface area contributed by atoms with Crippen LogP contribution in [0.15, 0.2) is 24.3 Å². The molecule has 1 saturated heterocycles. The summed E-state index contributed by atoms with van der Waals surface area (Å²) in [6.07, 6.45) is 1.71. The van der Waals surface area contributed by atoms with E-state index in [9.17, 15) is 9.18 Å². The minimum absolute atomic E-state index is 0.0399. The van der Waals surface area contributed by atoms with Gasteiger partial charge in [0, 0.05) is 11.6 Å². The predicted molar refractivity (Wildman–Crippen MR) is 61.3 cm³/mol. The van der Waals surface area contributed by atoms with Crippen molar-refractivity contribution in [3.05, 3.63) is 35.4 Å². The summed E-state index contributed by atoms with van der Waals surface area (Å²) in [6.45, 7) is 0.957. The number of nitrogens with zero attached hydrogens (tertiary/aromatic N) is 1. The van der Waals surface area contributed by atoms with Gasteiger partial charge in [-0.05, 0) is 38.1 Å². The highest BCUT2D eigenvalue weighted by Gasteiger charge is 2.30. The smallest absolute Gasteiger partial charge is 0.150 e. The topological polar surface area (TPSA) is 20.3 Å². The monoisotopic (exact) mass is 221 g/mol. The van der Waals surface area contributed by atoms with E-state index in [4.69, 9.17) is 0 Å². The van der Waals surface area contributed by atoms with Crippen molar-refractivity contribution in [2.45, 2.75) is 25.1 Å². The molecule has 86 valence electrons. The second-order valence-electron chi connectivity index (χ2n) is 4.38. The molecule has 0 spiro atoms. The minimum atomic E-state index is -0.993. The van der Waals surface area contributed by atoms with E-state index >= 15 is 0 Å². The third-order valence-electron chi connectivity index (χ3n) is 3.28. The largest absolute Gasteiger partial charge is 0.300 e. The highest BCUT2D eigenvalue weighted by Crippen LogP contribution is 2.31. The fourth-order valence-corrected chi connectivity index (χ4v) is 2.33. The number of rotatable bonds is 3. The molecule has 2 rings (SSSR count). The number of carbonyl (C=O) groups is 1. The van der Waals surface area contributed by atoms with Gasteiger partial charge in [-0.1, -0.05) is 18.2 Å². The second kappa shape index (κ2) is 4.74. The molecule has 2 unspecified atom stereocenters. The Morgan fingerprint density at radius 3 is 3.00 bits per heavy atom. The molecule has 1 aliphatic heterocycles. The Balaban J connectivity index is 2.19. The number of halogens is 1. The van der Waals surface area contributed by atoms with Crippen LogP contribution in [-0.4, -0.2) is 30.8 Å². The molecule has 2 nitrogen and oxygen atoms in total. The molecule has 1 aliphatic rings.